The minimum atomic E-state index is -0.478. The van der Waals surface area contributed by atoms with Crippen LogP contribution in [-0.4, -0.2) is 17.8 Å². The molecule has 5 heteroatoms. The molecule has 0 atom stereocenters. The second kappa shape index (κ2) is 3.50. The Morgan fingerprint density at radius 2 is 2.18 bits per heavy atom. The van der Waals surface area contributed by atoms with Crippen LogP contribution >= 0.6 is 11.6 Å². The Hall–Kier alpha value is -0.865. The highest BCUT2D eigenvalue weighted by Crippen LogP contribution is 2.32. The van der Waals surface area contributed by atoms with Gasteiger partial charge in [0.15, 0.2) is 5.75 Å². The number of rotatable bonds is 2. The van der Waals surface area contributed by atoms with Gasteiger partial charge in [0, 0.05) is 0 Å². The summed E-state index contributed by atoms with van der Waals surface area (Å²) in [5.74, 6) is 0.0308. The standard InChI is InChI=1S/C6H6BClO3/c8-4-2-1-3-5(6(4)9)11-7-10/h1-3,7,9-10H. The van der Waals surface area contributed by atoms with E-state index in [2.05, 4.69) is 4.65 Å². The van der Waals surface area contributed by atoms with Crippen molar-refractivity contribution >= 4 is 19.3 Å². The average molecular weight is 172 g/mol. The van der Waals surface area contributed by atoms with Gasteiger partial charge in [-0.05, 0) is 12.1 Å². The first-order valence-electron chi connectivity index (χ1n) is 2.97. The molecule has 11 heavy (non-hydrogen) atoms. The van der Waals surface area contributed by atoms with Crippen molar-refractivity contribution in [2.24, 2.45) is 0 Å². The van der Waals surface area contributed by atoms with Crippen LogP contribution in [0.1, 0.15) is 0 Å². The Bertz CT molecular complexity index is 254. The minimum absolute atomic E-state index is 0.150. The zero-order chi connectivity index (χ0) is 8.27. The first-order valence-corrected chi connectivity index (χ1v) is 3.34. The van der Waals surface area contributed by atoms with E-state index >= 15 is 0 Å². The molecule has 0 heterocycles. The highest BCUT2D eigenvalue weighted by molar-refractivity contribution is 6.32. The lowest BCUT2D eigenvalue weighted by Gasteiger charge is -2.04. The summed E-state index contributed by atoms with van der Waals surface area (Å²) in [7, 11) is -0.478. The van der Waals surface area contributed by atoms with Crippen LogP contribution in [0.4, 0.5) is 0 Å². The number of para-hydroxylation sites is 1. The molecule has 0 unspecified atom stereocenters. The fourth-order valence-corrected chi connectivity index (χ4v) is 0.847. The van der Waals surface area contributed by atoms with E-state index in [1.165, 1.54) is 12.1 Å². The molecule has 1 aromatic carbocycles. The lowest BCUT2D eigenvalue weighted by Crippen LogP contribution is -1.99. The maximum atomic E-state index is 9.16. The summed E-state index contributed by atoms with van der Waals surface area (Å²) >= 11 is 5.54. The van der Waals surface area contributed by atoms with Crippen LogP contribution in [0.2, 0.25) is 5.02 Å². The third-order valence-corrected chi connectivity index (χ3v) is 1.47. The zero-order valence-electron chi connectivity index (χ0n) is 5.62. The van der Waals surface area contributed by atoms with E-state index in [9.17, 15) is 0 Å². The van der Waals surface area contributed by atoms with Crippen LogP contribution in [0.3, 0.4) is 0 Å². The van der Waals surface area contributed by atoms with Gasteiger partial charge in [-0.25, -0.2) is 0 Å². The summed E-state index contributed by atoms with van der Waals surface area (Å²) in [6.45, 7) is 0. The molecule has 0 saturated heterocycles. The number of benzene rings is 1. The van der Waals surface area contributed by atoms with E-state index in [4.69, 9.17) is 21.7 Å². The first kappa shape index (κ1) is 8.23. The third-order valence-electron chi connectivity index (χ3n) is 1.17. The van der Waals surface area contributed by atoms with E-state index in [1.54, 1.807) is 6.07 Å². The number of aromatic hydroxyl groups is 1. The molecule has 1 rings (SSSR count). The van der Waals surface area contributed by atoms with Crippen molar-refractivity contribution in [3.05, 3.63) is 23.2 Å². The molecular formula is C6H6BClO3. The van der Waals surface area contributed by atoms with Crippen molar-refractivity contribution in [2.45, 2.75) is 0 Å². The predicted octanol–water partition coefficient (Wildman–Crippen LogP) is 0.683. The van der Waals surface area contributed by atoms with Gasteiger partial charge in [-0.3, -0.25) is 0 Å². The van der Waals surface area contributed by atoms with Gasteiger partial charge in [-0.2, -0.15) is 0 Å². The topological polar surface area (TPSA) is 49.7 Å². The average Bonchev–Trinajstić information content (AvgIpc) is 1.99. The maximum Gasteiger partial charge on any atom is 0.504 e. The van der Waals surface area contributed by atoms with Gasteiger partial charge >= 0.3 is 7.69 Å². The number of phenols is 1. The molecule has 0 fully saturated rings. The van der Waals surface area contributed by atoms with Gasteiger partial charge in [-0.15, -0.1) is 0 Å². The van der Waals surface area contributed by atoms with Crippen molar-refractivity contribution in [1.29, 1.82) is 0 Å². The molecule has 0 aliphatic heterocycles. The molecular weight excluding hydrogens is 166 g/mol. The van der Waals surface area contributed by atoms with Gasteiger partial charge in [0.2, 0.25) is 0 Å². The van der Waals surface area contributed by atoms with Crippen LogP contribution in [0.25, 0.3) is 0 Å². The second-order valence-corrected chi connectivity index (χ2v) is 2.27. The summed E-state index contributed by atoms with van der Waals surface area (Å²) in [6, 6.07) is 4.66. The predicted molar refractivity (Wildman–Crippen MR) is 43.1 cm³/mol. The van der Waals surface area contributed by atoms with E-state index in [0.717, 1.165) is 0 Å². The maximum absolute atomic E-state index is 9.16. The Morgan fingerprint density at radius 1 is 1.45 bits per heavy atom. The van der Waals surface area contributed by atoms with Crippen molar-refractivity contribution in [3.63, 3.8) is 0 Å². The number of phenolic OH excluding ortho intramolecular Hbond substituents is 1. The van der Waals surface area contributed by atoms with Crippen LogP contribution in [0.15, 0.2) is 18.2 Å². The Kier molecular flexibility index (Phi) is 2.62. The molecule has 0 spiro atoms. The van der Waals surface area contributed by atoms with E-state index in [-0.39, 0.29) is 16.5 Å². The molecule has 0 radical (unpaired) electrons. The summed E-state index contributed by atoms with van der Waals surface area (Å²) in [5.41, 5.74) is 0. The Labute approximate surface area is 69.5 Å². The lowest BCUT2D eigenvalue weighted by atomic mass is 10.3. The molecule has 3 nitrogen and oxygen atoms in total. The summed E-state index contributed by atoms with van der Waals surface area (Å²) < 4.78 is 4.64. The Morgan fingerprint density at radius 3 is 2.82 bits per heavy atom. The van der Waals surface area contributed by atoms with Crippen LogP contribution < -0.4 is 4.65 Å². The normalized spacial score (nSPS) is 9.27. The third kappa shape index (κ3) is 1.79. The van der Waals surface area contributed by atoms with E-state index < -0.39 is 7.69 Å². The molecule has 0 bridgehead atoms. The van der Waals surface area contributed by atoms with Crippen LogP contribution in [-0.2, 0) is 0 Å². The van der Waals surface area contributed by atoms with Crippen molar-refractivity contribution in [3.8, 4) is 11.5 Å². The highest BCUT2D eigenvalue weighted by Gasteiger charge is 2.04. The monoisotopic (exact) mass is 172 g/mol. The minimum Gasteiger partial charge on any atom is -0.536 e. The summed E-state index contributed by atoms with van der Waals surface area (Å²) in [4.78, 5) is 0. The van der Waals surface area contributed by atoms with Crippen molar-refractivity contribution in [2.75, 3.05) is 0 Å². The SMILES string of the molecule is OBOc1cccc(Cl)c1O. The van der Waals surface area contributed by atoms with Gasteiger partial charge in [0.25, 0.3) is 0 Å². The number of halogens is 1. The van der Waals surface area contributed by atoms with Gasteiger partial charge in [-0.1, -0.05) is 17.7 Å². The van der Waals surface area contributed by atoms with Gasteiger partial charge < -0.3 is 14.8 Å². The zero-order valence-corrected chi connectivity index (χ0v) is 6.38. The van der Waals surface area contributed by atoms with Gasteiger partial charge in [0.1, 0.15) is 5.75 Å². The molecule has 2 N–H and O–H groups in total. The molecule has 0 aliphatic carbocycles. The summed E-state index contributed by atoms with van der Waals surface area (Å²) in [6.07, 6.45) is 0. The molecule has 0 saturated carbocycles. The van der Waals surface area contributed by atoms with Crippen molar-refractivity contribution in [1.82, 2.24) is 0 Å². The molecule has 0 aromatic heterocycles. The van der Waals surface area contributed by atoms with Crippen LogP contribution in [0, 0.1) is 0 Å². The first-order chi connectivity index (χ1) is 5.25. The number of hydrogen-bond donors (Lipinski definition) is 2. The largest absolute Gasteiger partial charge is 0.536 e. The second-order valence-electron chi connectivity index (χ2n) is 1.86. The molecule has 0 aliphatic rings. The lowest BCUT2D eigenvalue weighted by molar-refractivity contribution is 0.410. The fourth-order valence-electron chi connectivity index (χ4n) is 0.682. The molecule has 0 amide bonds. The molecule has 1 aromatic rings. The summed E-state index contributed by atoms with van der Waals surface area (Å²) in [5, 5.41) is 17.7. The quantitative estimate of drug-likeness (QED) is 0.645. The van der Waals surface area contributed by atoms with Gasteiger partial charge in [0.05, 0.1) is 5.02 Å². The Balaban J connectivity index is 2.96. The smallest absolute Gasteiger partial charge is 0.504 e. The van der Waals surface area contributed by atoms with E-state index in [1.807, 2.05) is 0 Å². The van der Waals surface area contributed by atoms with Crippen LogP contribution in [0.5, 0.6) is 11.5 Å². The highest BCUT2D eigenvalue weighted by atomic mass is 35.5. The fraction of sp³-hybridized carbons (Fsp3) is 0. The number of hydrogen-bond acceptors (Lipinski definition) is 3. The molecule has 58 valence electrons. The van der Waals surface area contributed by atoms with Crippen molar-refractivity contribution < 1.29 is 14.8 Å². The van der Waals surface area contributed by atoms with E-state index in [0.29, 0.717) is 0 Å².